The molecule has 0 spiro atoms. The molecule has 0 aliphatic heterocycles. The van der Waals surface area contributed by atoms with Crippen LogP contribution in [0.1, 0.15) is 35.7 Å². The number of fused-ring (bicyclic) bond motifs is 1. The quantitative estimate of drug-likeness (QED) is 0.857. The van der Waals surface area contributed by atoms with Crippen molar-refractivity contribution >= 4 is 17.1 Å². The van der Waals surface area contributed by atoms with Crippen LogP contribution in [0.5, 0.6) is 0 Å². The molecule has 1 heterocycles. The number of hydrogen-bond acceptors (Lipinski definition) is 3. The number of aromatic nitrogens is 1. The minimum atomic E-state index is -4.68. The molecule has 0 amide bonds. The Morgan fingerprint density at radius 3 is 2.37 bits per heavy atom. The highest BCUT2D eigenvalue weighted by Gasteiger charge is 2.35. The molecule has 4 nitrogen and oxygen atoms in total. The Labute approximate surface area is 106 Å². The van der Waals surface area contributed by atoms with Gasteiger partial charge in [0.25, 0.3) is 0 Å². The van der Waals surface area contributed by atoms with Crippen molar-refractivity contribution in [2.24, 2.45) is 0 Å². The van der Waals surface area contributed by atoms with E-state index in [4.69, 9.17) is 9.52 Å². The van der Waals surface area contributed by atoms with Crippen molar-refractivity contribution in [2.45, 2.75) is 26.9 Å². The van der Waals surface area contributed by atoms with Gasteiger partial charge in [0.2, 0.25) is 0 Å². The first-order chi connectivity index (χ1) is 8.79. The summed E-state index contributed by atoms with van der Waals surface area (Å²) in [6.07, 6.45) is -4.68. The molecule has 0 radical (unpaired) electrons. The van der Waals surface area contributed by atoms with Crippen LogP contribution >= 0.6 is 0 Å². The third-order valence-corrected chi connectivity index (χ3v) is 2.15. The normalized spacial score (nSPS) is 11.1. The molecule has 1 aromatic carbocycles. The molecule has 1 N–H and O–H groups in total. The zero-order valence-electron chi connectivity index (χ0n) is 10.5. The van der Waals surface area contributed by atoms with Crippen molar-refractivity contribution in [1.82, 2.24) is 4.98 Å². The second-order valence-corrected chi connectivity index (χ2v) is 3.41. The molecule has 0 aliphatic rings. The van der Waals surface area contributed by atoms with Gasteiger partial charge >= 0.3 is 12.1 Å². The number of oxazole rings is 1. The number of carboxylic acid groups (broad SMARTS) is 1. The third-order valence-electron chi connectivity index (χ3n) is 2.15. The van der Waals surface area contributed by atoms with Crippen LogP contribution in [0.3, 0.4) is 0 Å². The number of aryl methyl sites for hydroxylation is 1. The standard InChI is InChI=1S/C10H6F3NO3.C2H6/c1-4-14-7-3-5(9(15)16)2-6(8(7)17-4)10(11,12)13;1-2/h2-3H,1H3,(H,15,16);1-2H3. The lowest BCUT2D eigenvalue weighted by Crippen LogP contribution is -2.08. The van der Waals surface area contributed by atoms with Gasteiger partial charge in [0, 0.05) is 6.92 Å². The van der Waals surface area contributed by atoms with Crippen LogP contribution in [0.25, 0.3) is 11.1 Å². The summed E-state index contributed by atoms with van der Waals surface area (Å²) < 4.78 is 42.9. The second-order valence-electron chi connectivity index (χ2n) is 3.41. The molecule has 0 fully saturated rings. The number of carboxylic acids is 1. The van der Waals surface area contributed by atoms with Gasteiger partial charge in [-0.15, -0.1) is 0 Å². The molecule has 19 heavy (non-hydrogen) atoms. The molecule has 0 bridgehead atoms. The van der Waals surface area contributed by atoms with E-state index in [1.807, 2.05) is 13.8 Å². The van der Waals surface area contributed by atoms with Crippen molar-refractivity contribution in [1.29, 1.82) is 0 Å². The van der Waals surface area contributed by atoms with Crippen molar-refractivity contribution in [2.75, 3.05) is 0 Å². The SMILES string of the molecule is CC.Cc1nc2cc(C(=O)O)cc(C(F)(F)F)c2o1. The summed E-state index contributed by atoms with van der Waals surface area (Å²) >= 11 is 0. The number of alkyl halides is 3. The lowest BCUT2D eigenvalue weighted by Gasteiger charge is -2.07. The van der Waals surface area contributed by atoms with E-state index < -0.39 is 28.9 Å². The van der Waals surface area contributed by atoms with Gasteiger partial charge in [-0.2, -0.15) is 13.2 Å². The fourth-order valence-corrected chi connectivity index (χ4v) is 1.48. The largest absolute Gasteiger partial charge is 0.478 e. The van der Waals surface area contributed by atoms with Crippen LogP contribution in [0.2, 0.25) is 0 Å². The maximum absolute atomic E-state index is 12.7. The first-order valence-corrected chi connectivity index (χ1v) is 5.50. The first kappa shape index (κ1) is 15.0. The number of hydrogen-bond donors (Lipinski definition) is 1. The fourth-order valence-electron chi connectivity index (χ4n) is 1.48. The first-order valence-electron chi connectivity index (χ1n) is 5.50. The Morgan fingerprint density at radius 1 is 1.32 bits per heavy atom. The van der Waals surface area contributed by atoms with Crippen LogP contribution in [0.4, 0.5) is 13.2 Å². The highest BCUT2D eigenvalue weighted by atomic mass is 19.4. The van der Waals surface area contributed by atoms with Crippen molar-refractivity contribution < 1.29 is 27.5 Å². The summed E-state index contributed by atoms with van der Waals surface area (Å²) in [5.41, 5.74) is -2.17. The average molecular weight is 275 g/mol. The maximum Gasteiger partial charge on any atom is 0.420 e. The van der Waals surface area contributed by atoms with Gasteiger partial charge in [0.1, 0.15) is 11.1 Å². The van der Waals surface area contributed by atoms with Crippen molar-refractivity contribution in [3.8, 4) is 0 Å². The molecule has 0 atom stereocenters. The molecule has 0 saturated heterocycles. The lowest BCUT2D eigenvalue weighted by molar-refractivity contribution is -0.136. The van der Waals surface area contributed by atoms with E-state index in [2.05, 4.69) is 4.98 Å². The third kappa shape index (κ3) is 3.04. The number of benzene rings is 1. The van der Waals surface area contributed by atoms with E-state index in [9.17, 15) is 18.0 Å². The Morgan fingerprint density at radius 2 is 1.89 bits per heavy atom. The van der Waals surface area contributed by atoms with Gasteiger partial charge in [0.05, 0.1) is 5.56 Å². The van der Waals surface area contributed by atoms with Crippen LogP contribution in [0, 0.1) is 6.92 Å². The Balaban J connectivity index is 0.000000861. The summed E-state index contributed by atoms with van der Waals surface area (Å²) in [5.74, 6) is -1.40. The van der Waals surface area contributed by atoms with Gasteiger partial charge in [-0.25, -0.2) is 9.78 Å². The zero-order chi connectivity index (χ0) is 14.8. The van der Waals surface area contributed by atoms with Gasteiger partial charge < -0.3 is 9.52 Å². The van der Waals surface area contributed by atoms with E-state index in [0.717, 1.165) is 6.07 Å². The maximum atomic E-state index is 12.7. The summed E-state index contributed by atoms with van der Waals surface area (Å²) in [6, 6.07) is 1.58. The van der Waals surface area contributed by atoms with Crippen LogP contribution in [-0.4, -0.2) is 16.1 Å². The molecule has 104 valence electrons. The van der Waals surface area contributed by atoms with E-state index in [0.29, 0.717) is 6.07 Å². The molecule has 2 rings (SSSR count). The Hall–Kier alpha value is -2.05. The second kappa shape index (κ2) is 5.29. The average Bonchev–Trinajstić information content (AvgIpc) is 2.68. The lowest BCUT2D eigenvalue weighted by atomic mass is 10.1. The van der Waals surface area contributed by atoms with Gasteiger partial charge in [-0.3, -0.25) is 0 Å². The number of nitrogens with zero attached hydrogens (tertiary/aromatic N) is 1. The molecular weight excluding hydrogens is 263 g/mol. The smallest absolute Gasteiger partial charge is 0.420 e. The summed E-state index contributed by atoms with van der Waals surface area (Å²) in [4.78, 5) is 14.4. The molecule has 1 aromatic heterocycles. The number of halogens is 3. The van der Waals surface area contributed by atoms with Crippen molar-refractivity contribution in [3.63, 3.8) is 0 Å². The van der Waals surface area contributed by atoms with Gasteiger partial charge in [-0.1, -0.05) is 13.8 Å². The minimum absolute atomic E-state index is 0.0491. The van der Waals surface area contributed by atoms with Crippen LogP contribution < -0.4 is 0 Å². The molecular formula is C12H12F3NO3. The Kier molecular flexibility index (Phi) is 4.18. The molecule has 2 aromatic rings. The van der Waals surface area contributed by atoms with Crippen LogP contribution in [0.15, 0.2) is 16.5 Å². The minimum Gasteiger partial charge on any atom is -0.478 e. The number of carbonyl (C=O) groups is 1. The fraction of sp³-hybridized carbons (Fsp3) is 0.333. The van der Waals surface area contributed by atoms with E-state index >= 15 is 0 Å². The van der Waals surface area contributed by atoms with Crippen LogP contribution in [-0.2, 0) is 6.18 Å². The van der Waals surface area contributed by atoms with E-state index in [-0.39, 0.29) is 11.4 Å². The molecule has 0 aliphatic carbocycles. The number of rotatable bonds is 1. The van der Waals surface area contributed by atoms with E-state index in [1.165, 1.54) is 6.92 Å². The zero-order valence-corrected chi connectivity index (χ0v) is 10.5. The molecule has 7 heteroatoms. The number of aromatic carboxylic acids is 1. The van der Waals surface area contributed by atoms with Gasteiger partial charge in [0.15, 0.2) is 11.5 Å². The Bertz CT molecular complexity index is 602. The van der Waals surface area contributed by atoms with E-state index in [1.54, 1.807) is 0 Å². The van der Waals surface area contributed by atoms with Gasteiger partial charge in [-0.05, 0) is 12.1 Å². The highest BCUT2D eigenvalue weighted by Crippen LogP contribution is 2.36. The highest BCUT2D eigenvalue weighted by molar-refractivity contribution is 5.93. The predicted molar refractivity (Wildman–Crippen MR) is 62.1 cm³/mol. The predicted octanol–water partition coefficient (Wildman–Crippen LogP) is 3.88. The summed E-state index contributed by atoms with van der Waals surface area (Å²) in [7, 11) is 0. The molecule has 0 unspecified atom stereocenters. The topological polar surface area (TPSA) is 63.3 Å². The molecule has 0 saturated carbocycles. The summed E-state index contributed by atoms with van der Waals surface area (Å²) in [6.45, 7) is 5.39. The summed E-state index contributed by atoms with van der Waals surface area (Å²) in [5, 5.41) is 8.72. The monoisotopic (exact) mass is 275 g/mol. The van der Waals surface area contributed by atoms with Crippen molar-refractivity contribution in [3.05, 3.63) is 29.2 Å².